The van der Waals surface area contributed by atoms with Gasteiger partial charge in [0.15, 0.2) is 5.82 Å². The van der Waals surface area contributed by atoms with E-state index in [1.165, 1.54) is 38.4 Å². The lowest BCUT2D eigenvalue weighted by Crippen LogP contribution is -2.28. The number of hydrogen-bond donors (Lipinski definition) is 2. The van der Waals surface area contributed by atoms with Gasteiger partial charge in [0.1, 0.15) is 11.3 Å². The summed E-state index contributed by atoms with van der Waals surface area (Å²) in [5.74, 6) is 4.45. The van der Waals surface area contributed by atoms with Crippen molar-refractivity contribution in [1.82, 2.24) is 9.55 Å². The maximum atomic E-state index is 15.9. The van der Waals surface area contributed by atoms with E-state index in [2.05, 4.69) is 21.5 Å². The van der Waals surface area contributed by atoms with Crippen LogP contribution in [-0.4, -0.2) is 36.0 Å². The van der Waals surface area contributed by atoms with Crippen molar-refractivity contribution in [3.05, 3.63) is 85.4 Å². The van der Waals surface area contributed by atoms with Crippen molar-refractivity contribution in [1.29, 1.82) is 0 Å². The molecule has 0 saturated carbocycles. The predicted molar refractivity (Wildman–Crippen MR) is 150 cm³/mol. The molecule has 1 aromatic heterocycles. The van der Waals surface area contributed by atoms with Gasteiger partial charge in [-0.3, -0.25) is 14.3 Å². The first-order valence-electron chi connectivity index (χ1n) is 11.8. The number of nitrogens with one attached hydrogen (secondary N) is 2. The number of nitrogens with zero attached hydrogens (tertiary/aromatic N) is 1. The Bertz CT molecular complexity index is 1490. The van der Waals surface area contributed by atoms with Crippen molar-refractivity contribution in [2.45, 2.75) is 40.0 Å². The van der Waals surface area contributed by atoms with Crippen molar-refractivity contribution in [3.8, 4) is 23.3 Å². The Morgan fingerprint density at radius 3 is 2.34 bits per heavy atom. The van der Waals surface area contributed by atoms with Crippen molar-refractivity contribution in [2.75, 3.05) is 25.2 Å². The maximum absolute atomic E-state index is 15.9. The third-order valence-electron chi connectivity index (χ3n) is 5.26. The summed E-state index contributed by atoms with van der Waals surface area (Å²) in [4.78, 5) is 38.5. The molecule has 3 aromatic rings. The molecule has 0 bridgehead atoms. The Morgan fingerprint density at radius 1 is 1.11 bits per heavy atom. The number of anilines is 1. The number of carbonyl (C=O) groups is 1. The van der Waals surface area contributed by atoms with E-state index >= 15 is 4.39 Å². The smallest absolute Gasteiger partial charge is 0.339 e. The number of rotatable bonds is 5. The van der Waals surface area contributed by atoms with Gasteiger partial charge in [-0.25, -0.2) is 14.0 Å². The van der Waals surface area contributed by atoms with Gasteiger partial charge in [0.2, 0.25) is 0 Å². The zero-order valence-electron chi connectivity index (χ0n) is 22.7. The predicted octanol–water partition coefficient (Wildman–Crippen LogP) is 4.87. The van der Waals surface area contributed by atoms with Gasteiger partial charge in [0, 0.05) is 35.3 Å². The summed E-state index contributed by atoms with van der Waals surface area (Å²) in [6, 6.07) is 7.58. The number of ether oxygens (including phenoxy) is 2. The third kappa shape index (κ3) is 6.66. The minimum Gasteiger partial charge on any atom is -0.495 e. The minimum absolute atomic E-state index is 0.0971. The highest BCUT2D eigenvalue weighted by atomic mass is 32.2. The van der Waals surface area contributed by atoms with Crippen molar-refractivity contribution >= 4 is 23.6 Å². The first-order valence-corrected chi connectivity index (χ1v) is 13.0. The molecule has 2 N–H and O–H groups in total. The second kappa shape index (κ2) is 13.0. The normalized spacial score (nSPS) is 10.4. The highest BCUT2D eigenvalue weighted by Crippen LogP contribution is 2.37. The summed E-state index contributed by atoms with van der Waals surface area (Å²) in [5, 5.41) is 0. The van der Waals surface area contributed by atoms with E-state index in [-0.39, 0.29) is 22.6 Å². The molecule has 0 aliphatic carbocycles. The average molecular weight is 542 g/mol. The van der Waals surface area contributed by atoms with E-state index in [4.69, 9.17) is 9.47 Å². The number of aromatic amines is 1. The second-order valence-corrected chi connectivity index (χ2v) is 9.32. The molecular formula is C28H32FN3O5S. The molecule has 0 unspecified atom stereocenters. The molecule has 1 heterocycles. The molecule has 0 fully saturated rings. The van der Waals surface area contributed by atoms with Gasteiger partial charge in [-0.1, -0.05) is 58.4 Å². The van der Waals surface area contributed by atoms with Crippen LogP contribution >= 0.6 is 11.9 Å². The van der Waals surface area contributed by atoms with Gasteiger partial charge >= 0.3 is 11.7 Å². The molecule has 0 aliphatic heterocycles. The molecular weight excluding hydrogens is 509 g/mol. The van der Waals surface area contributed by atoms with Crippen LogP contribution < -0.4 is 20.7 Å². The monoisotopic (exact) mass is 541 g/mol. The first-order chi connectivity index (χ1) is 18.0. The van der Waals surface area contributed by atoms with Crippen LogP contribution in [0.15, 0.2) is 46.1 Å². The zero-order chi connectivity index (χ0) is 28.6. The number of esters is 1. The number of carbonyl (C=O) groups excluding carboxylic acids is 1. The number of halogens is 1. The molecule has 0 amide bonds. The van der Waals surface area contributed by atoms with Crippen LogP contribution in [0.4, 0.5) is 10.1 Å². The number of H-pyrrole nitrogens is 1. The molecule has 2 aromatic carbocycles. The standard InChI is InChI=1S/C26H26FN3O5S.C2H6/c1-26(2,3)19-14-20(30-12-11-21(31)28-25(30)33)22(27)17(23(19)34-4)10-8-15-7-9-16(29-36-6)13-18(15)24(32)35-5;1-2/h7,9,11-14,29H,1-6H3,(H,28,31,33);1-2H3. The molecule has 3 rings (SSSR count). The third-order valence-corrected chi connectivity index (χ3v) is 5.70. The Kier molecular flexibility index (Phi) is 10.4. The van der Waals surface area contributed by atoms with Crippen molar-refractivity contribution < 1.29 is 18.7 Å². The Hall–Kier alpha value is -3.97. The minimum atomic E-state index is -0.818. The largest absolute Gasteiger partial charge is 0.495 e. The number of benzene rings is 2. The summed E-state index contributed by atoms with van der Waals surface area (Å²) in [5.41, 5.74) is -0.321. The summed E-state index contributed by atoms with van der Waals surface area (Å²) >= 11 is 1.36. The number of hydrogen-bond acceptors (Lipinski definition) is 7. The quantitative estimate of drug-likeness (QED) is 0.270. The Balaban J connectivity index is 0.00000247. The van der Waals surface area contributed by atoms with Crippen LogP contribution in [0, 0.1) is 17.7 Å². The van der Waals surface area contributed by atoms with Crippen LogP contribution in [0.1, 0.15) is 61.7 Å². The highest BCUT2D eigenvalue weighted by molar-refractivity contribution is 7.99. The second-order valence-electron chi connectivity index (χ2n) is 8.70. The van der Waals surface area contributed by atoms with Gasteiger partial charge in [-0.2, -0.15) is 0 Å². The fourth-order valence-electron chi connectivity index (χ4n) is 3.53. The van der Waals surface area contributed by atoms with Gasteiger partial charge < -0.3 is 14.2 Å². The molecule has 0 radical (unpaired) electrons. The molecule has 10 heteroatoms. The van der Waals surface area contributed by atoms with Crippen LogP contribution in [0.3, 0.4) is 0 Å². The van der Waals surface area contributed by atoms with Crippen LogP contribution in [0.5, 0.6) is 5.75 Å². The van der Waals surface area contributed by atoms with E-state index < -0.39 is 28.5 Å². The fraction of sp³-hybridized carbons (Fsp3) is 0.321. The fourth-order valence-corrected chi connectivity index (χ4v) is 3.90. The van der Waals surface area contributed by atoms with E-state index in [9.17, 15) is 14.4 Å². The molecule has 38 heavy (non-hydrogen) atoms. The zero-order valence-corrected chi connectivity index (χ0v) is 23.6. The lowest BCUT2D eigenvalue weighted by molar-refractivity contribution is 0.0600. The van der Waals surface area contributed by atoms with Gasteiger partial charge in [0.25, 0.3) is 5.56 Å². The van der Waals surface area contributed by atoms with Crippen LogP contribution in [0.2, 0.25) is 0 Å². The highest BCUT2D eigenvalue weighted by Gasteiger charge is 2.27. The van der Waals surface area contributed by atoms with Crippen molar-refractivity contribution in [3.63, 3.8) is 0 Å². The van der Waals surface area contributed by atoms with E-state index in [1.54, 1.807) is 18.2 Å². The molecule has 8 nitrogen and oxygen atoms in total. The summed E-state index contributed by atoms with van der Waals surface area (Å²) in [7, 11) is 2.67. The van der Waals surface area contributed by atoms with E-state index in [1.807, 2.05) is 40.9 Å². The Morgan fingerprint density at radius 2 is 1.79 bits per heavy atom. The number of methoxy groups -OCH3 is 2. The summed E-state index contributed by atoms with van der Waals surface area (Å²) in [6.07, 6.45) is 3.04. The molecule has 0 aliphatic rings. The van der Waals surface area contributed by atoms with E-state index in [0.717, 1.165) is 10.6 Å². The Labute approximate surface area is 225 Å². The average Bonchev–Trinajstić information content (AvgIpc) is 2.88. The number of aromatic nitrogens is 2. The lowest BCUT2D eigenvalue weighted by Gasteiger charge is -2.25. The maximum Gasteiger partial charge on any atom is 0.339 e. The topological polar surface area (TPSA) is 102 Å². The summed E-state index contributed by atoms with van der Waals surface area (Å²) in [6.45, 7) is 9.73. The molecule has 0 atom stereocenters. The van der Waals surface area contributed by atoms with Gasteiger partial charge in [0.05, 0.1) is 25.5 Å². The van der Waals surface area contributed by atoms with Gasteiger partial charge in [-0.05, 0) is 29.7 Å². The molecule has 0 saturated heterocycles. The van der Waals surface area contributed by atoms with Crippen LogP contribution in [0.25, 0.3) is 5.69 Å². The molecule has 202 valence electrons. The van der Waals surface area contributed by atoms with Crippen LogP contribution in [-0.2, 0) is 10.2 Å². The first kappa shape index (κ1) is 30.3. The lowest BCUT2D eigenvalue weighted by atomic mass is 9.84. The van der Waals surface area contributed by atoms with E-state index in [0.29, 0.717) is 16.8 Å². The van der Waals surface area contributed by atoms with Gasteiger partial charge in [-0.15, -0.1) is 0 Å². The molecule has 0 spiro atoms. The summed E-state index contributed by atoms with van der Waals surface area (Å²) < 4.78 is 30.4. The SMILES string of the molecule is CC.COC(=O)c1cc(NSC)ccc1C#Cc1c(F)c(-n2ccc(=O)[nH]c2=O)cc(C(C)(C)C)c1OC. The van der Waals surface area contributed by atoms with Crippen molar-refractivity contribution in [2.24, 2.45) is 0 Å².